The molecule has 0 saturated carbocycles. The zero-order valence-corrected chi connectivity index (χ0v) is 16.2. The number of amides is 2. The minimum Gasteiger partial charge on any atom is -0.482 e. The summed E-state index contributed by atoms with van der Waals surface area (Å²) in [6, 6.07) is 15.2. The van der Waals surface area contributed by atoms with Crippen LogP contribution in [0.25, 0.3) is 0 Å². The average molecular weight is 392 g/mol. The van der Waals surface area contributed by atoms with Crippen LogP contribution >= 0.6 is 0 Å². The maximum Gasteiger partial charge on any atom is 0.262 e. The number of hydrogen-bond donors (Lipinski definition) is 1. The Labute approximate surface area is 169 Å². The van der Waals surface area contributed by atoms with Crippen molar-refractivity contribution in [3.63, 3.8) is 0 Å². The molecular formula is C23H24N2O4. The first kappa shape index (κ1) is 19.2. The van der Waals surface area contributed by atoms with Gasteiger partial charge in [-0.05, 0) is 43.0 Å². The van der Waals surface area contributed by atoms with Crippen LogP contribution in [-0.4, -0.2) is 42.2 Å². The van der Waals surface area contributed by atoms with E-state index in [1.807, 2.05) is 35.2 Å². The fourth-order valence-electron chi connectivity index (χ4n) is 3.92. The summed E-state index contributed by atoms with van der Waals surface area (Å²) < 4.78 is 5.34. The Kier molecular flexibility index (Phi) is 5.60. The third-order valence-electron chi connectivity index (χ3n) is 5.59. The van der Waals surface area contributed by atoms with Gasteiger partial charge in [0.2, 0.25) is 5.91 Å². The van der Waals surface area contributed by atoms with Crippen molar-refractivity contribution in [2.24, 2.45) is 5.92 Å². The van der Waals surface area contributed by atoms with Crippen LogP contribution in [0.3, 0.4) is 0 Å². The van der Waals surface area contributed by atoms with E-state index in [-0.39, 0.29) is 30.1 Å². The van der Waals surface area contributed by atoms with Gasteiger partial charge in [0.15, 0.2) is 12.4 Å². The van der Waals surface area contributed by atoms with E-state index >= 15 is 0 Å². The molecule has 2 aliphatic rings. The number of Topliss-reactive ketones (excluding diaryl/α,β-unsaturated/α-hetero) is 1. The number of benzene rings is 2. The quantitative estimate of drug-likeness (QED) is 0.794. The molecule has 2 aliphatic heterocycles. The largest absolute Gasteiger partial charge is 0.482 e. The lowest BCUT2D eigenvalue weighted by Crippen LogP contribution is -2.40. The van der Waals surface area contributed by atoms with Crippen molar-refractivity contribution in [1.29, 1.82) is 0 Å². The molecule has 1 N–H and O–H groups in total. The van der Waals surface area contributed by atoms with Gasteiger partial charge in [0.1, 0.15) is 5.75 Å². The highest BCUT2D eigenvalue weighted by atomic mass is 16.5. The van der Waals surface area contributed by atoms with E-state index in [0.717, 1.165) is 12.0 Å². The predicted molar refractivity (Wildman–Crippen MR) is 109 cm³/mol. The maximum atomic E-state index is 12.9. The summed E-state index contributed by atoms with van der Waals surface area (Å²) >= 11 is 0. The van der Waals surface area contributed by atoms with E-state index in [1.165, 1.54) is 0 Å². The van der Waals surface area contributed by atoms with Crippen molar-refractivity contribution in [3.05, 3.63) is 59.7 Å². The van der Waals surface area contributed by atoms with Crippen molar-refractivity contribution in [1.82, 2.24) is 4.90 Å². The van der Waals surface area contributed by atoms with Gasteiger partial charge in [0, 0.05) is 31.0 Å². The Morgan fingerprint density at radius 1 is 1.07 bits per heavy atom. The van der Waals surface area contributed by atoms with E-state index in [1.54, 1.807) is 18.2 Å². The first-order valence-corrected chi connectivity index (χ1v) is 10.0. The Balaban J connectivity index is 1.31. The van der Waals surface area contributed by atoms with Crippen LogP contribution in [0.2, 0.25) is 0 Å². The molecule has 2 aromatic rings. The van der Waals surface area contributed by atoms with E-state index in [2.05, 4.69) is 5.32 Å². The molecular weight excluding hydrogens is 368 g/mol. The van der Waals surface area contributed by atoms with Gasteiger partial charge in [-0.15, -0.1) is 0 Å². The number of ketones is 1. The molecule has 2 heterocycles. The van der Waals surface area contributed by atoms with Crippen molar-refractivity contribution < 1.29 is 19.1 Å². The molecule has 0 bridgehead atoms. The second kappa shape index (κ2) is 8.47. The van der Waals surface area contributed by atoms with Gasteiger partial charge in [-0.2, -0.15) is 0 Å². The molecule has 0 unspecified atom stereocenters. The Bertz CT molecular complexity index is 918. The lowest BCUT2D eigenvalue weighted by atomic mass is 9.88. The van der Waals surface area contributed by atoms with Crippen LogP contribution in [0, 0.1) is 5.92 Å². The zero-order valence-electron chi connectivity index (χ0n) is 16.2. The number of rotatable bonds is 5. The number of fused-ring (bicyclic) bond motifs is 1. The second-order valence-corrected chi connectivity index (χ2v) is 7.55. The fraction of sp³-hybridized carbons (Fsp3) is 0.348. The number of nitrogens with zero attached hydrogens (tertiary/aromatic N) is 1. The standard InChI is InChI=1S/C23H24N2O4/c26-21-15-29-20-8-7-18(14-19(20)24-21)23(28)17-10-12-25(13-11-17)22(27)9-6-16-4-2-1-3-5-16/h1-5,7-8,14,17H,6,9-13,15H2,(H,24,26). The van der Waals surface area contributed by atoms with Crippen molar-refractivity contribution in [2.75, 3.05) is 25.0 Å². The molecule has 0 aromatic heterocycles. The first-order chi connectivity index (χ1) is 14.1. The maximum absolute atomic E-state index is 12.9. The number of aryl methyl sites for hydroxylation is 1. The molecule has 4 rings (SSSR count). The van der Waals surface area contributed by atoms with Gasteiger partial charge < -0.3 is 15.0 Å². The average Bonchev–Trinajstić information content (AvgIpc) is 2.77. The lowest BCUT2D eigenvalue weighted by molar-refractivity contribution is -0.132. The summed E-state index contributed by atoms with van der Waals surface area (Å²) in [6.07, 6.45) is 2.56. The van der Waals surface area contributed by atoms with Gasteiger partial charge in [0.25, 0.3) is 5.91 Å². The SMILES string of the molecule is O=C1COc2ccc(C(=O)C3CCN(C(=O)CCc4ccccc4)CC3)cc2N1. The van der Waals surface area contributed by atoms with Crippen LogP contribution < -0.4 is 10.1 Å². The molecule has 2 aromatic carbocycles. The predicted octanol–water partition coefficient (Wildman–Crippen LogP) is 3.07. The molecule has 0 atom stereocenters. The number of anilines is 1. The molecule has 0 aliphatic carbocycles. The molecule has 6 heteroatoms. The Morgan fingerprint density at radius 3 is 2.59 bits per heavy atom. The lowest BCUT2D eigenvalue weighted by Gasteiger charge is -2.31. The Hall–Kier alpha value is -3.15. The number of hydrogen-bond acceptors (Lipinski definition) is 4. The number of carbonyl (C=O) groups excluding carboxylic acids is 3. The van der Waals surface area contributed by atoms with Gasteiger partial charge in [0.05, 0.1) is 5.69 Å². The molecule has 150 valence electrons. The smallest absolute Gasteiger partial charge is 0.262 e. The summed E-state index contributed by atoms with van der Waals surface area (Å²) in [7, 11) is 0. The third-order valence-corrected chi connectivity index (χ3v) is 5.59. The topological polar surface area (TPSA) is 75.7 Å². The summed E-state index contributed by atoms with van der Waals surface area (Å²) in [5.74, 6) is 0.466. The van der Waals surface area contributed by atoms with Crippen LogP contribution in [0.1, 0.15) is 35.2 Å². The zero-order chi connectivity index (χ0) is 20.2. The van der Waals surface area contributed by atoms with E-state index in [4.69, 9.17) is 4.74 Å². The molecule has 6 nitrogen and oxygen atoms in total. The van der Waals surface area contributed by atoms with E-state index < -0.39 is 0 Å². The number of piperidine rings is 1. The number of nitrogens with one attached hydrogen (secondary N) is 1. The van der Waals surface area contributed by atoms with Gasteiger partial charge in [-0.1, -0.05) is 30.3 Å². The van der Waals surface area contributed by atoms with E-state index in [9.17, 15) is 14.4 Å². The van der Waals surface area contributed by atoms with Crippen molar-refractivity contribution in [3.8, 4) is 5.75 Å². The highest BCUT2D eigenvalue weighted by Gasteiger charge is 2.28. The minimum atomic E-state index is -0.218. The third kappa shape index (κ3) is 4.47. The highest BCUT2D eigenvalue weighted by Crippen LogP contribution is 2.31. The van der Waals surface area contributed by atoms with Crippen LogP contribution in [0.15, 0.2) is 48.5 Å². The fourth-order valence-corrected chi connectivity index (χ4v) is 3.92. The Morgan fingerprint density at radius 2 is 1.83 bits per heavy atom. The summed E-state index contributed by atoms with van der Waals surface area (Å²) in [4.78, 5) is 38.8. The van der Waals surface area contributed by atoms with E-state index in [0.29, 0.717) is 49.4 Å². The molecule has 29 heavy (non-hydrogen) atoms. The summed E-state index contributed by atoms with van der Waals surface area (Å²) in [5, 5.41) is 2.74. The van der Waals surface area contributed by atoms with Gasteiger partial charge >= 0.3 is 0 Å². The number of ether oxygens (including phenoxy) is 1. The van der Waals surface area contributed by atoms with Crippen LogP contribution in [-0.2, 0) is 16.0 Å². The molecule has 0 spiro atoms. The number of likely N-dealkylation sites (tertiary alicyclic amines) is 1. The second-order valence-electron chi connectivity index (χ2n) is 7.55. The van der Waals surface area contributed by atoms with Crippen LogP contribution in [0.5, 0.6) is 5.75 Å². The highest BCUT2D eigenvalue weighted by molar-refractivity contribution is 6.01. The molecule has 0 radical (unpaired) electrons. The molecule has 2 amide bonds. The summed E-state index contributed by atoms with van der Waals surface area (Å²) in [6.45, 7) is 1.21. The van der Waals surface area contributed by atoms with Crippen molar-refractivity contribution in [2.45, 2.75) is 25.7 Å². The van der Waals surface area contributed by atoms with Crippen LogP contribution in [0.4, 0.5) is 5.69 Å². The molecule has 1 fully saturated rings. The molecule has 1 saturated heterocycles. The first-order valence-electron chi connectivity index (χ1n) is 10.0. The summed E-state index contributed by atoms with van der Waals surface area (Å²) in [5.41, 5.74) is 2.28. The van der Waals surface area contributed by atoms with Crippen molar-refractivity contribution >= 4 is 23.3 Å². The monoisotopic (exact) mass is 392 g/mol. The van der Waals surface area contributed by atoms with Gasteiger partial charge in [-0.3, -0.25) is 14.4 Å². The minimum absolute atomic E-state index is 0.00292. The number of carbonyl (C=O) groups is 3. The van der Waals surface area contributed by atoms with Gasteiger partial charge in [-0.25, -0.2) is 0 Å². The normalized spacial score (nSPS) is 16.6.